The number of hydrogen-bond donors (Lipinski definition) is 2. The van der Waals surface area contributed by atoms with Crippen LogP contribution in [0.2, 0.25) is 0 Å². The number of halogens is 2. The van der Waals surface area contributed by atoms with Gasteiger partial charge in [0.1, 0.15) is 0 Å². The second-order valence-electron chi connectivity index (χ2n) is 4.10. The zero-order valence-electron chi connectivity index (χ0n) is 10.2. The molecule has 0 fully saturated rings. The molecule has 19 heavy (non-hydrogen) atoms. The Bertz CT molecular complexity index is 641. The van der Waals surface area contributed by atoms with Crippen LogP contribution in [0.15, 0.2) is 45.3 Å². The number of carbonyl (C=O) groups is 1. The average Bonchev–Trinajstić information content (AvgIpc) is 2.38. The first-order valence-electron chi connectivity index (χ1n) is 5.60. The number of nitrogen functional groups attached to an aromatic ring is 1. The van der Waals surface area contributed by atoms with Crippen LogP contribution in [0.3, 0.4) is 0 Å². The highest BCUT2D eigenvalue weighted by atomic mass is 79.9. The summed E-state index contributed by atoms with van der Waals surface area (Å²) in [7, 11) is 0. The highest BCUT2D eigenvalue weighted by Crippen LogP contribution is 2.25. The number of carbonyl (C=O) groups excluding carboxylic acids is 1. The highest BCUT2D eigenvalue weighted by Gasteiger charge is 2.10. The Labute approximate surface area is 128 Å². The third kappa shape index (κ3) is 3.16. The number of nitrogens with one attached hydrogen (secondary N) is 1. The summed E-state index contributed by atoms with van der Waals surface area (Å²) < 4.78 is 1.68. The zero-order chi connectivity index (χ0) is 14.0. The van der Waals surface area contributed by atoms with Crippen molar-refractivity contribution in [3.05, 3.63) is 56.5 Å². The molecule has 0 saturated heterocycles. The summed E-state index contributed by atoms with van der Waals surface area (Å²) in [6.45, 7) is 1.94. The monoisotopic (exact) mass is 382 g/mol. The van der Waals surface area contributed by atoms with Crippen molar-refractivity contribution in [2.24, 2.45) is 0 Å². The van der Waals surface area contributed by atoms with Gasteiger partial charge in [0.15, 0.2) is 0 Å². The number of rotatable bonds is 2. The van der Waals surface area contributed by atoms with Gasteiger partial charge in [-0.3, -0.25) is 4.79 Å². The maximum absolute atomic E-state index is 12.2. The Morgan fingerprint density at radius 1 is 1.16 bits per heavy atom. The first-order chi connectivity index (χ1) is 8.99. The van der Waals surface area contributed by atoms with E-state index in [0.29, 0.717) is 15.7 Å². The van der Waals surface area contributed by atoms with Crippen molar-refractivity contribution < 1.29 is 4.79 Å². The minimum atomic E-state index is -0.165. The Hall–Kier alpha value is -1.33. The molecule has 2 rings (SSSR count). The molecule has 3 N–H and O–H groups in total. The van der Waals surface area contributed by atoms with E-state index in [1.54, 1.807) is 18.2 Å². The van der Waals surface area contributed by atoms with Gasteiger partial charge in [0.05, 0.1) is 0 Å². The number of nitrogens with two attached hydrogens (primary N) is 1. The predicted octanol–water partition coefficient (Wildman–Crippen LogP) is 4.35. The summed E-state index contributed by atoms with van der Waals surface area (Å²) in [6, 6.07) is 10.8. The third-order valence-electron chi connectivity index (χ3n) is 2.78. The molecule has 98 valence electrons. The van der Waals surface area contributed by atoms with Crippen LogP contribution in [0.4, 0.5) is 11.4 Å². The first kappa shape index (κ1) is 14.1. The van der Waals surface area contributed by atoms with E-state index in [1.165, 1.54) is 0 Å². The van der Waals surface area contributed by atoms with E-state index >= 15 is 0 Å². The van der Waals surface area contributed by atoms with Crippen molar-refractivity contribution >= 4 is 49.1 Å². The highest BCUT2D eigenvalue weighted by molar-refractivity contribution is 9.10. The first-order valence-corrected chi connectivity index (χ1v) is 7.19. The lowest BCUT2D eigenvalue weighted by Gasteiger charge is -2.10. The molecule has 0 heterocycles. The molecule has 5 heteroatoms. The van der Waals surface area contributed by atoms with Gasteiger partial charge in [-0.05, 0) is 58.7 Å². The van der Waals surface area contributed by atoms with Crippen LogP contribution in [-0.2, 0) is 0 Å². The van der Waals surface area contributed by atoms with Crippen LogP contribution in [-0.4, -0.2) is 5.91 Å². The van der Waals surface area contributed by atoms with Crippen LogP contribution in [0.25, 0.3) is 0 Å². The van der Waals surface area contributed by atoms with E-state index < -0.39 is 0 Å². The van der Waals surface area contributed by atoms with Gasteiger partial charge in [-0.2, -0.15) is 0 Å². The summed E-state index contributed by atoms with van der Waals surface area (Å²) in [6.07, 6.45) is 0. The van der Waals surface area contributed by atoms with E-state index in [1.807, 2.05) is 25.1 Å². The van der Waals surface area contributed by atoms with Gasteiger partial charge in [0, 0.05) is 25.9 Å². The van der Waals surface area contributed by atoms with Gasteiger partial charge < -0.3 is 11.1 Å². The number of hydrogen-bond acceptors (Lipinski definition) is 2. The zero-order valence-corrected chi connectivity index (χ0v) is 13.4. The lowest BCUT2D eigenvalue weighted by molar-refractivity contribution is 0.102. The maximum Gasteiger partial charge on any atom is 0.255 e. The molecule has 2 aromatic rings. The Morgan fingerprint density at radius 3 is 2.58 bits per heavy atom. The van der Waals surface area contributed by atoms with Crippen molar-refractivity contribution in [1.29, 1.82) is 0 Å². The summed E-state index contributed by atoms with van der Waals surface area (Å²) in [5.41, 5.74) is 8.64. The van der Waals surface area contributed by atoms with Gasteiger partial charge in [-0.25, -0.2) is 0 Å². The fourth-order valence-corrected chi connectivity index (χ4v) is 2.35. The number of amides is 1. The molecule has 0 aromatic heterocycles. The molecule has 2 aromatic carbocycles. The fraction of sp³-hybridized carbons (Fsp3) is 0.0714. The van der Waals surface area contributed by atoms with E-state index in [0.717, 1.165) is 15.7 Å². The van der Waals surface area contributed by atoms with Crippen LogP contribution in [0.1, 0.15) is 15.9 Å². The van der Waals surface area contributed by atoms with Gasteiger partial charge in [-0.15, -0.1) is 0 Å². The van der Waals surface area contributed by atoms with Crippen molar-refractivity contribution in [1.82, 2.24) is 0 Å². The SMILES string of the molecule is Cc1c(Br)cccc1NC(=O)c1ccc(N)c(Br)c1. The van der Waals surface area contributed by atoms with Crippen LogP contribution in [0, 0.1) is 6.92 Å². The van der Waals surface area contributed by atoms with Crippen LogP contribution in [0.5, 0.6) is 0 Å². The van der Waals surface area contributed by atoms with Gasteiger partial charge in [0.2, 0.25) is 0 Å². The second kappa shape index (κ2) is 5.75. The average molecular weight is 384 g/mol. The van der Waals surface area contributed by atoms with Crippen LogP contribution >= 0.6 is 31.9 Å². The summed E-state index contributed by atoms with van der Waals surface area (Å²) in [5, 5.41) is 2.88. The largest absolute Gasteiger partial charge is 0.398 e. The quantitative estimate of drug-likeness (QED) is 0.757. The van der Waals surface area contributed by atoms with Crippen molar-refractivity contribution in [3.8, 4) is 0 Å². The number of anilines is 2. The minimum Gasteiger partial charge on any atom is -0.398 e. The van der Waals surface area contributed by atoms with E-state index in [9.17, 15) is 4.79 Å². The maximum atomic E-state index is 12.2. The third-order valence-corrected chi connectivity index (χ3v) is 4.32. The molecule has 0 bridgehead atoms. The molecular formula is C14H12Br2N2O. The second-order valence-corrected chi connectivity index (χ2v) is 5.81. The molecule has 3 nitrogen and oxygen atoms in total. The molecule has 0 radical (unpaired) electrons. The molecular weight excluding hydrogens is 372 g/mol. The number of benzene rings is 2. The summed E-state index contributed by atoms with van der Waals surface area (Å²) in [4.78, 5) is 12.2. The van der Waals surface area contributed by atoms with E-state index in [-0.39, 0.29) is 5.91 Å². The van der Waals surface area contributed by atoms with E-state index in [2.05, 4.69) is 37.2 Å². The van der Waals surface area contributed by atoms with Crippen molar-refractivity contribution in [3.63, 3.8) is 0 Å². The fourth-order valence-electron chi connectivity index (χ4n) is 1.61. The van der Waals surface area contributed by atoms with Gasteiger partial charge >= 0.3 is 0 Å². The smallest absolute Gasteiger partial charge is 0.255 e. The van der Waals surface area contributed by atoms with Gasteiger partial charge in [0.25, 0.3) is 5.91 Å². The molecule has 0 aliphatic carbocycles. The lowest BCUT2D eigenvalue weighted by Crippen LogP contribution is -2.13. The standard InChI is InChI=1S/C14H12Br2N2O/c1-8-10(15)3-2-4-13(8)18-14(19)9-5-6-12(17)11(16)7-9/h2-7H,17H2,1H3,(H,18,19). The van der Waals surface area contributed by atoms with Crippen molar-refractivity contribution in [2.75, 3.05) is 11.1 Å². The summed E-state index contributed by atoms with van der Waals surface area (Å²) in [5.74, 6) is -0.165. The summed E-state index contributed by atoms with van der Waals surface area (Å²) >= 11 is 6.75. The Morgan fingerprint density at radius 2 is 1.89 bits per heavy atom. The lowest BCUT2D eigenvalue weighted by atomic mass is 10.1. The Balaban J connectivity index is 2.26. The van der Waals surface area contributed by atoms with E-state index in [4.69, 9.17) is 5.73 Å². The van der Waals surface area contributed by atoms with Gasteiger partial charge in [-0.1, -0.05) is 22.0 Å². The molecule has 0 aliphatic heterocycles. The molecule has 0 atom stereocenters. The molecule has 1 amide bonds. The van der Waals surface area contributed by atoms with Crippen LogP contribution < -0.4 is 11.1 Å². The molecule has 0 spiro atoms. The predicted molar refractivity (Wildman–Crippen MR) is 85.4 cm³/mol. The molecule has 0 aliphatic rings. The minimum absolute atomic E-state index is 0.165. The normalized spacial score (nSPS) is 10.3. The Kier molecular flexibility index (Phi) is 4.27. The molecule has 0 unspecified atom stereocenters. The van der Waals surface area contributed by atoms with Crippen molar-refractivity contribution in [2.45, 2.75) is 6.92 Å². The molecule has 0 saturated carbocycles. The topological polar surface area (TPSA) is 55.1 Å².